The largest absolute Gasteiger partial charge is 0.317 e. The highest BCUT2D eigenvalue weighted by molar-refractivity contribution is 7.73. The Morgan fingerprint density at radius 3 is 2.03 bits per heavy atom. The first kappa shape index (κ1) is 19.9. The van der Waals surface area contributed by atoms with Gasteiger partial charge in [-0.15, -0.1) is 0 Å². The summed E-state index contributed by atoms with van der Waals surface area (Å²) in [5, 5.41) is 0.644. The maximum absolute atomic E-state index is 15.4. The van der Waals surface area contributed by atoms with Crippen LogP contribution in [0.3, 0.4) is 0 Å². The van der Waals surface area contributed by atoms with Gasteiger partial charge in [0.05, 0.1) is 5.16 Å². The van der Waals surface area contributed by atoms with E-state index in [1.54, 1.807) is 0 Å². The number of allylic oxidation sites excluding steroid dienone is 2. The summed E-state index contributed by atoms with van der Waals surface area (Å²) >= 11 is 0. The summed E-state index contributed by atoms with van der Waals surface area (Å²) in [7, 11) is -2.82. The molecular formula is C27H29OP. The first-order valence-electron chi connectivity index (χ1n) is 10.5. The minimum absolute atomic E-state index is 0.0527. The molecule has 1 nitrogen and oxygen atoms in total. The van der Waals surface area contributed by atoms with Crippen molar-refractivity contribution in [3.05, 3.63) is 114 Å². The number of hydrogen-bond donors (Lipinski definition) is 0. The molecule has 4 rings (SSSR count). The average Bonchev–Trinajstić information content (AvgIpc) is 3.08. The minimum Gasteiger partial charge on any atom is -0.317 e. The molecule has 0 aliphatic carbocycles. The van der Waals surface area contributed by atoms with Crippen molar-refractivity contribution in [3.63, 3.8) is 0 Å². The molecule has 1 unspecified atom stereocenters. The maximum atomic E-state index is 15.4. The van der Waals surface area contributed by atoms with Gasteiger partial charge in [0.1, 0.15) is 7.14 Å². The molecule has 3 aromatic carbocycles. The summed E-state index contributed by atoms with van der Waals surface area (Å²) in [4.78, 5) is 0. The van der Waals surface area contributed by atoms with Crippen molar-refractivity contribution in [1.29, 1.82) is 0 Å². The van der Waals surface area contributed by atoms with Crippen LogP contribution < -0.4 is 5.30 Å². The van der Waals surface area contributed by atoms with E-state index in [4.69, 9.17) is 0 Å². The molecule has 3 atom stereocenters. The van der Waals surface area contributed by atoms with Gasteiger partial charge in [0.15, 0.2) is 0 Å². The van der Waals surface area contributed by atoms with Crippen molar-refractivity contribution in [2.45, 2.75) is 43.9 Å². The van der Waals surface area contributed by atoms with Crippen LogP contribution in [0.4, 0.5) is 0 Å². The molecule has 0 N–H and O–H groups in total. The molecule has 0 aromatic heterocycles. The van der Waals surface area contributed by atoms with E-state index in [9.17, 15) is 0 Å². The van der Waals surface area contributed by atoms with Crippen molar-refractivity contribution >= 4 is 12.4 Å². The summed E-state index contributed by atoms with van der Waals surface area (Å²) < 4.78 is 15.4. The van der Waals surface area contributed by atoms with Crippen LogP contribution in [0.15, 0.2) is 103 Å². The molecule has 0 saturated carbocycles. The van der Waals surface area contributed by atoms with E-state index in [0.717, 1.165) is 24.6 Å². The second kappa shape index (κ2) is 8.17. The Kier molecular flexibility index (Phi) is 5.61. The fourth-order valence-corrected chi connectivity index (χ4v) is 9.47. The highest BCUT2D eigenvalue weighted by Crippen LogP contribution is 2.79. The van der Waals surface area contributed by atoms with Gasteiger partial charge in [-0.3, -0.25) is 0 Å². The summed E-state index contributed by atoms with van der Waals surface area (Å²) in [6.45, 7) is 4.27. The van der Waals surface area contributed by atoms with Gasteiger partial charge >= 0.3 is 0 Å². The van der Waals surface area contributed by atoms with Crippen LogP contribution in [0.5, 0.6) is 0 Å². The zero-order valence-electron chi connectivity index (χ0n) is 17.3. The van der Waals surface area contributed by atoms with E-state index in [0.29, 0.717) is 0 Å². The second-order valence-corrected chi connectivity index (χ2v) is 11.7. The third-order valence-electron chi connectivity index (χ3n) is 6.39. The van der Waals surface area contributed by atoms with Crippen molar-refractivity contribution in [2.75, 3.05) is 0 Å². The first-order valence-corrected chi connectivity index (χ1v) is 12.2. The van der Waals surface area contributed by atoms with Gasteiger partial charge in [-0.2, -0.15) is 0 Å². The predicted molar refractivity (Wildman–Crippen MR) is 124 cm³/mol. The van der Waals surface area contributed by atoms with Crippen LogP contribution in [0.1, 0.15) is 49.9 Å². The number of hydrogen-bond acceptors (Lipinski definition) is 1. The van der Waals surface area contributed by atoms with E-state index in [1.165, 1.54) is 16.7 Å². The standard InChI is InChI=1S/C27H29OP/c1-22(2)18-20-27(24-14-8-4-9-15-24)21-19-26(23-12-6-3-7-13-23)29(27,28)25-16-10-5-11-17-25/h3-18,26H,19-21H2,1-2H3/t26-,27+,29?/m0/s1. The molecule has 0 spiro atoms. The third-order valence-corrected chi connectivity index (χ3v) is 10.8. The fourth-order valence-electron chi connectivity index (χ4n) is 4.96. The Bertz CT molecular complexity index is 1020. The van der Waals surface area contributed by atoms with Gasteiger partial charge in [-0.05, 0) is 44.2 Å². The van der Waals surface area contributed by atoms with Crippen molar-refractivity contribution in [3.8, 4) is 0 Å². The molecule has 1 saturated heterocycles. The molecule has 1 fully saturated rings. The Balaban J connectivity index is 1.98. The van der Waals surface area contributed by atoms with Gasteiger partial charge in [-0.25, -0.2) is 0 Å². The molecular weight excluding hydrogens is 371 g/mol. The smallest absolute Gasteiger partial charge is 0.133 e. The zero-order valence-corrected chi connectivity index (χ0v) is 18.2. The molecule has 3 aromatic rings. The van der Waals surface area contributed by atoms with Gasteiger partial charge in [0.25, 0.3) is 0 Å². The molecule has 1 aliphatic rings. The maximum Gasteiger partial charge on any atom is 0.133 e. The van der Waals surface area contributed by atoms with E-state index in [-0.39, 0.29) is 10.8 Å². The lowest BCUT2D eigenvalue weighted by Gasteiger charge is -2.38. The third kappa shape index (κ3) is 3.43. The molecule has 0 amide bonds. The number of rotatable bonds is 5. The molecule has 1 aliphatic heterocycles. The van der Waals surface area contributed by atoms with Gasteiger partial charge < -0.3 is 4.57 Å². The van der Waals surface area contributed by atoms with E-state index < -0.39 is 7.14 Å². The number of benzene rings is 3. The molecule has 1 heterocycles. The molecule has 0 bridgehead atoms. The van der Waals surface area contributed by atoms with Crippen molar-refractivity contribution in [2.24, 2.45) is 0 Å². The van der Waals surface area contributed by atoms with Crippen LogP contribution in [0.25, 0.3) is 0 Å². The quantitative estimate of drug-likeness (QED) is 0.321. The predicted octanol–water partition coefficient (Wildman–Crippen LogP) is 7.46. The first-order chi connectivity index (χ1) is 14.1. The molecule has 0 radical (unpaired) electrons. The second-order valence-electron chi connectivity index (χ2n) is 8.34. The lowest BCUT2D eigenvalue weighted by atomic mass is 9.89. The molecule has 148 valence electrons. The minimum atomic E-state index is -2.82. The lowest BCUT2D eigenvalue weighted by molar-refractivity contribution is 0.527. The summed E-state index contributed by atoms with van der Waals surface area (Å²) in [6.07, 6.45) is 4.99. The Morgan fingerprint density at radius 1 is 0.897 bits per heavy atom. The van der Waals surface area contributed by atoms with Crippen molar-refractivity contribution < 1.29 is 4.57 Å². The zero-order chi connectivity index (χ0) is 20.3. The van der Waals surface area contributed by atoms with Crippen LogP contribution >= 0.6 is 7.14 Å². The van der Waals surface area contributed by atoms with Gasteiger partial charge in [-0.1, -0.05) is 103 Å². The summed E-state index contributed by atoms with van der Waals surface area (Å²) in [5.41, 5.74) is 3.75. The monoisotopic (exact) mass is 400 g/mol. The topological polar surface area (TPSA) is 17.1 Å². The lowest BCUT2D eigenvalue weighted by Crippen LogP contribution is -2.28. The van der Waals surface area contributed by atoms with Crippen molar-refractivity contribution in [1.82, 2.24) is 0 Å². The normalized spacial score (nSPS) is 26.2. The summed E-state index contributed by atoms with van der Waals surface area (Å²) in [5.74, 6) is 0. The van der Waals surface area contributed by atoms with Crippen LogP contribution in [0.2, 0.25) is 0 Å². The van der Waals surface area contributed by atoms with Crippen LogP contribution in [0, 0.1) is 0 Å². The highest BCUT2D eigenvalue weighted by Gasteiger charge is 2.58. The van der Waals surface area contributed by atoms with Crippen LogP contribution in [-0.4, -0.2) is 0 Å². The van der Waals surface area contributed by atoms with Crippen LogP contribution in [-0.2, 0) is 9.72 Å². The Hall–Kier alpha value is -2.37. The van der Waals surface area contributed by atoms with E-state index in [2.05, 4.69) is 86.7 Å². The van der Waals surface area contributed by atoms with Gasteiger partial charge in [0.2, 0.25) is 0 Å². The Labute approximate surface area is 174 Å². The Morgan fingerprint density at radius 2 is 1.45 bits per heavy atom. The average molecular weight is 401 g/mol. The van der Waals surface area contributed by atoms with Gasteiger partial charge in [0, 0.05) is 11.0 Å². The fraction of sp³-hybridized carbons (Fsp3) is 0.259. The SMILES string of the molecule is CC(C)=CC[C@]1(c2ccccc2)CC[C@@H](c2ccccc2)P1(=O)c1ccccc1. The summed E-state index contributed by atoms with van der Waals surface area (Å²) in [6, 6.07) is 31.3. The van der Waals surface area contributed by atoms with E-state index in [1.807, 2.05) is 24.3 Å². The highest BCUT2D eigenvalue weighted by atomic mass is 31.2. The molecule has 29 heavy (non-hydrogen) atoms. The molecule has 2 heteroatoms. The van der Waals surface area contributed by atoms with E-state index >= 15 is 4.57 Å².